The van der Waals surface area contributed by atoms with Crippen LogP contribution in [0.3, 0.4) is 0 Å². The Morgan fingerprint density at radius 3 is 2.41 bits per heavy atom. The van der Waals surface area contributed by atoms with E-state index in [2.05, 4.69) is 38.2 Å². The largest absolute Gasteiger partial charge is 0.314 e. The van der Waals surface area contributed by atoms with Crippen LogP contribution in [-0.4, -0.2) is 12.6 Å². The van der Waals surface area contributed by atoms with Gasteiger partial charge in [0.1, 0.15) is 0 Å². The summed E-state index contributed by atoms with van der Waals surface area (Å²) in [4.78, 5) is 0. The number of halogens is 1. The summed E-state index contributed by atoms with van der Waals surface area (Å²) in [5.74, 6) is 0.795. The summed E-state index contributed by atoms with van der Waals surface area (Å²) in [5.41, 5.74) is 1.23. The first-order valence-electron chi connectivity index (χ1n) is 6.64. The molecular weight excluding hydrogens is 230 g/mol. The molecule has 1 N–H and O–H groups in total. The second-order valence-electron chi connectivity index (χ2n) is 4.79. The molecule has 0 heterocycles. The van der Waals surface area contributed by atoms with Crippen molar-refractivity contribution in [2.75, 3.05) is 6.54 Å². The topological polar surface area (TPSA) is 12.0 Å². The first-order chi connectivity index (χ1) is 8.17. The van der Waals surface area contributed by atoms with Crippen LogP contribution < -0.4 is 5.32 Å². The minimum Gasteiger partial charge on any atom is -0.314 e. The molecule has 0 aromatic heterocycles. The van der Waals surface area contributed by atoms with Crippen LogP contribution in [0.15, 0.2) is 24.3 Å². The molecule has 0 saturated carbocycles. The van der Waals surface area contributed by atoms with Crippen molar-refractivity contribution in [3.8, 4) is 0 Å². The SMILES string of the molecule is CCC(CC)CNC(C)Cc1ccccc1Cl. The molecule has 17 heavy (non-hydrogen) atoms. The summed E-state index contributed by atoms with van der Waals surface area (Å²) in [6, 6.07) is 8.58. The molecule has 96 valence electrons. The van der Waals surface area contributed by atoms with Gasteiger partial charge in [-0.25, -0.2) is 0 Å². The van der Waals surface area contributed by atoms with E-state index in [4.69, 9.17) is 11.6 Å². The Labute approximate surface area is 111 Å². The maximum absolute atomic E-state index is 6.16. The van der Waals surface area contributed by atoms with Gasteiger partial charge in [-0.05, 0) is 37.4 Å². The van der Waals surface area contributed by atoms with E-state index in [1.54, 1.807) is 0 Å². The monoisotopic (exact) mass is 253 g/mol. The normalized spacial score (nSPS) is 13.0. The van der Waals surface area contributed by atoms with Gasteiger partial charge in [0.2, 0.25) is 0 Å². The Kier molecular flexibility index (Phi) is 6.61. The van der Waals surface area contributed by atoms with Gasteiger partial charge in [0.15, 0.2) is 0 Å². The molecule has 0 saturated heterocycles. The fourth-order valence-corrected chi connectivity index (χ4v) is 2.22. The summed E-state index contributed by atoms with van der Waals surface area (Å²) in [5, 5.41) is 4.48. The zero-order valence-corrected chi connectivity index (χ0v) is 11.9. The number of benzene rings is 1. The fraction of sp³-hybridized carbons (Fsp3) is 0.600. The first-order valence-corrected chi connectivity index (χ1v) is 7.01. The highest BCUT2D eigenvalue weighted by molar-refractivity contribution is 6.31. The van der Waals surface area contributed by atoms with Crippen LogP contribution in [0.1, 0.15) is 39.2 Å². The predicted molar refractivity (Wildman–Crippen MR) is 76.7 cm³/mol. The van der Waals surface area contributed by atoms with Crippen molar-refractivity contribution in [1.29, 1.82) is 0 Å². The number of rotatable bonds is 7. The van der Waals surface area contributed by atoms with Crippen LogP contribution in [0.25, 0.3) is 0 Å². The molecule has 1 atom stereocenters. The first kappa shape index (κ1) is 14.5. The molecule has 0 bridgehead atoms. The Hall–Kier alpha value is -0.530. The molecule has 1 unspecified atom stereocenters. The molecule has 0 aliphatic carbocycles. The second-order valence-corrected chi connectivity index (χ2v) is 5.19. The van der Waals surface area contributed by atoms with E-state index in [9.17, 15) is 0 Å². The second kappa shape index (κ2) is 7.73. The van der Waals surface area contributed by atoms with Crippen molar-refractivity contribution < 1.29 is 0 Å². The van der Waals surface area contributed by atoms with Gasteiger partial charge in [-0.3, -0.25) is 0 Å². The van der Waals surface area contributed by atoms with Crippen LogP contribution in [0.2, 0.25) is 5.02 Å². The van der Waals surface area contributed by atoms with Crippen molar-refractivity contribution in [3.63, 3.8) is 0 Å². The van der Waals surface area contributed by atoms with Gasteiger partial charge in [-0.15, -0.1) is 0 Å². The Morgan fingerprint density at radius 1 is 1.18 bits per heavy atom. The van der Waals surface area contributed by atoms with Gasteiger partial charge >= 0.3 is 0 Å². The molecule has 2 heteroatoms. The molecule has 1 nitrogen and oxygen atoms in total. The smallest absolute Gasteiger partial charge is 0.0438 e. The number of nitrogens with one attached hydrogen (secondary N) is 1. The van der Waals surface area contributed by atoms with E-state index in [1.807, 2.05) is 12.1 Å². The lowest BCUT2D eigenvalue weighted by Crippen LogP contribution is -2.32. The van der Waals surface area contributed by atoms with Crippen molar-refractivity contribution in [1.82, 2.24) is 5.32 Å². The molecule has 1 aromatic carbocycles. The fourth-order valence-electron chi connectivity index (χ4n) is 2.01. The lowest BCUT2D eigenvalue weighted by Gasteiger charge is -2.19. The molecular formula is C15H24ClN. The van der Waals surface area contributed by atoms with Crippen LogP contribution in [0.5, 0.6) is 0 Å². The lowest BCUT2D eigenvalue weighted by molar-refractivity contribution is 0.416. The van der Waals surface area contributed by atoms with Crippen LogP contribution >= 0.6 is 11.6 Å². The van der Waals surface area contributed by atoms with E-state index >= 15 is 0 Å². The Morgan fingerprint density at radius 2 is 1.82 bits per heavy atom. The number of hydrogen-bond donors (Lipinski definition) is 1. The lowest BCUT2D eigenvalue weighted by atomic mass is 10.0. The average Bonchev–Trinajstić information content (AvgIpc) is 2.33. The van der Waals surface area contributed by atoms with Gasteiger partial charge in [0, 0.05) is 11.1 Å². The molecule has 0 radical (unpaired) electrons. The predicted octanol–water partition coefficient (Wildman–Crippen LogP) is 4.30. The molecule has 0 fully saturated rings. The van der Waals surface area contributed by atoms with Crippen molar-refractivity contribution >= 4 is 11.6 Å². The van der Waals surface area contributed by atoms with Crippen molar-refractivity contribution in [2.45, 2.75) is 46.1 Å². The quantitative estimate of drug-likeness (QED) is 0.764. The Balaban J connectivity index is 2.39. The summed E-state index contributed by atoms with van der Waals surface area (Å²) in [6.07, 6.45) is 3.50. The number of hydrogen-bond acceptors (Lipinski definition) is 1. The van der Waals surface area contributed by atoms with E-state index in [0.717, 1.165) is 23.9 Å². The highest BCUT2D eigenvalue weighted by atomic mass is 35.5. The molecule has 0 aliphatic rings. The molecule has 1 rings (SSSR count). The third kappa shape index (κ3) is 5.10. The highest BCUT2D eigenvalue weighted by Gasteiger charge is 2.08. The van der Waals surface area contributed by atoms with Gasteiger partial charge in [-0.2, -0.15) is 0 Å². The maximum Gasteiger partial charge on any atom is 0.0438 e. The summed E-state index contributed by atoms with van der Waals surface area (Å²) < 4.78 is 0. The Bertz CT molecular complexity index is 320. The van der Waals surface area contributed by atoms with Gasteiger partial charge in [0.05, 0.1) is 0 Å². The zero-order chi connectivity index (χ0) is 12.7. The molecule has 1 aromatic rings. The van der Waals surface area contributed by atoms with Gasteiger partial charge in [0.25, 0.3) is 0 Å². The van der Waals surface area contributed by atoms with E-state index < -0.39 is 0 Å². The highest BCUT2D eigenvalue weighted by Crippen LogP contribution is 2.16. The van der Waals surface area contributed by atoms with E-state index in [0.29, 0.717) is 6.04 Å². The summed E-state index contributed by atoms with van der Waals surface area (Å²) in [7, 11) is 0. The third-order valence-corrected chi connectivity index (χ3v) is 3.76. The zero-order valence-electron chi connectivity index (χ0n) is 11.2. The standard InChI is InChI=1S/C15H24ClN/c1-4-13(5-2)11-17-12(3)10-14-8-6-7-9-15(14)16/h6-9,12-13,17H,4-5,10-11H2,1-3H3. The van der Waals surface area contributed by atoms with Gasteiger partial charge in [-0.1, -0.05) is 56.5 Å². The van der Waals surface area contributed by atoms with Crippen molar-refractivity contribution in [2.24, 2.45) is 5.92 Å². The average molecular weight is 254 g/mol. The van der Waals surface area contributed by atoms with Crippen LogP contribution in [0, 0.1) is 5.92 Å². The summed E-state index contributed by atoms with van der Waals surface area (Å²) >= 11 is 6.16. The van der Waals surface area contributed by atoms with Crippen LogP contribution in [0.4, 0.5) is 0 Å². The summed E-state index contributed by atoms with van der Waals surface area (Å²) in [6.45, 7) is 7.85. The maximum atomic E-state index is 6.16. The minimum atomic E-state index is 0.482. The van der Waals surface area contributed by atoms with Crippen molar-refractivity contribution in [3.05, 3.63) is 34.9 Å². The third-order valence-electron chi connectivity index (χ3n) is 3.39. The van der Waals surface area contributed by atoms with E-state index in [1.165, 1.54) is 18.4 Å². The van der Waals surface area contributed by atoms with E-state index in [-0.39, 0.29) is 0 Å². The molecule has 0 spiro atoms. The molecule has 0 amide bonds. The minimum absolute atomic E-state index is 0.482. The van der Waals surface area contributed by atoms with Crippen LogP contribution in [-0.2, 0) is 6.42 Å². The van der Waals surface area contributed by atoms with Gasteiger partial charge < -0.3 is 5.32 Å². The molecule has 0 aliphatic heterocycles.